The number of rotatable bonds is 11. The van der Waals surface area contributed by atoms with Gasteiger partial charge in [-0.2, -0.15) is 0 Å². The Morgan fingerprint density at radius 2 is 2.00 bits per heavy atom. The lowest BCUT2D eigenvalue weighted by Gasteiger charge is -2.21. The Balaban J connectivity index is 2.59. The molecule has 2 N–H and O–H groups in total. The number of methoxy groups -OCH3 is 1. The maximum atomic E-state index is 11.3. The molecule has 152 valence electrons. The molecule has 0 fully saturated rings. The molecule has 1 rings (SSSR count). The zero-order chi connectivity index (χ0) is 20.3. The first-order chi connectivity index (χ1) is 12.8. The lowest BCUT2D eigenvalue weighted by Crippen LogP contribution is -2.38. The molecule has 3 atom stereocenters. The number of carbonyl (C=O) groups is 1. The van der Waals surface area contributed by atoms with E-state index >= 15 is 0 Å². The van der Waals surface area contributed by atoms with E-state index in [2.05, 4.69) is 48.6 Å². The van der Waals surface area contributed by atoms with Gasteiger partial charge in [0, 0.05) is 6.42 Å². The zero-order valence-electron chi connectivity index (χ0n) is 17.3. The van der Waals surface area contributed by atoms with Crippen molar-refractivity contribution in [1.82, 2.24) is 0 Å². The summed E-state index contributed by atoms with van der Waals surface area (Å²) in [5.41, 5.74) is 4.13. The topological polar surface area (TPSA) is 66.8 Å². The molecule has 0 aromatic rings. The molecule has 4 heteroatoms. The Hall–Kier alpha value is -1.61. The van der Waals surface area contributed by atoms with Crippen LogP contribution in [0, 0.1) is 17.8 Å². The van der Waals surface area contributed by atoms with E-state index in [1.807, 2.05) is 6.92 Å². The fraction of sp³-hybridized carbons (Fsp3) is 0.652. The monoisotopic (exact) mass is 376 g/mol. The summed E-state index contributed by atoms with van der Waals surface area (Å²) in [7, 11) is 1.13. The molecule has 27 heavy (non-hydrogen) atoms. The number of hydrogen-bond acceptors (Lipinski definition) is 4. The van der Waals surface area contributed by atoms with Crippen LogP contribution in [0.5, 0.6) is 0 Å². The van der Waals surface area contributed by atoms with E-state index in [0.29, 0.717) is 17.8 Å². The third-order valence-corrected chi connectivity index (χ3v) is 5.18. The number of esters is 1. The Bertz CT molecular complexity index is 579. The Morgan fingerprint density at radius 3 is 2.67 bits per heavy atom. The largest absolute Gasteiger partial charge is 0.465 e. The highest BCUT2D eigenvalue weighted by molar-refractivity contribution is 5.77. The number of hydrogen-bond donors (Lipinski definition) is 2. The summed E-state index contributed by atoms with van der Waals surface area (Å²) < 4.78 is 4.37. The van der Waals surface area contributed by atoms with Crippen molar-refractivity contribution in [2.45, 2.75) is 71.5 Å². The van der Waals surface area contributed by atoms with Gasteiger partial charge in [-0.15, -0.1) is 5.73 Å². The average molecular weight is 377 g/mol. The molecule has 4 nitrogen and oxygen atoms in total. The van der Waals surface area contributed by atoms with Crippen molar-refractivity contribution in [1.29, 1.82) is 0 Å². The van der Waals surface area contributed by atoms with E-state index < -0.39 is 11.8 Å². The number of allylic oxidation sites excluding steroid dienone is 4. The summed E-state index contributed by atoms with van der Waals surface area (Å²) in [4.78, 5) is 11.3. The standard InChI is InChI=1S/C23H36O4/c1-5-6-7-8-9-10-13-20-15-14-19(3)21(20)17-18(2)12-11-16-23(25,26)22(24)27-4/h10-11,13-15,19-21,25-26H,5-9,16-17H2,1-4H3/t12?,19-,20-,21+/m0/s1. The van der Waals surface area contributed by atoms with Gasteiger partial charge in [-0.1, -0.05) is 57.4 Å². The second kappa shape index (κ2) is 12.0. The van der Waals surface area contributed by atoms with Crippen molar-refractivity contribution in [3.8, 4) is 0 Å². The van der Waals surface area contributed by atoms with Crippen LogP contribution in [0.3, 0.4) is 0 Å². The molecule has 0 amide bonds. The average Bonchev–Trinajstić information content (AvgIpc) is 2.97. The Morgan fingerprint density at radius 1 is 1.26 bits per heavy atom. The molecular formula is C23H36O4. The summed E-state index contributed by atoms with van der Waals surface area (Å²) in [5.74, 6) is -2.12. The van der Waals surface area contributed by atoms with E-state index in [1.165, 1.54) is 31.8 Å². The van der Waals surface area contributed by atoms with Crippen LogP contribution in [0.2, 0.25) is 0 Å². The number of ether oxygens (including phenoxy) is 1. The van der Waals surface area contributed by atoms with Gasteiger partial charge in [-0.05, 0) is 55.6 Å². The second-order valence-electron chi connectivity index (χ2n) is 7.61. The SMILES string of the molecule is CCCCCCC=C[C@H]1C=C[C@H](C)[C@H]1CC(C)=C=CCC(O)(O)C(=O)OC. The maximum absolute atomic E-state index is 11.3. The molecule has 0 radical (unpaired) electrons. The summed E-state index contributed by atoms with van der Waals surface area (Å²) in [6.45, 7) is 6.45. The molecule has 1 aliphatic rings. The van der Waals surface area contributed by atoms with Crippen molar-refractivity contribution < 1.29 is 19.7 Å². The first kappa shape index (κ1) is 23.4. The van der Waals surface area contributed by atoms with Gasteiger partial charge in [-0.25, -0.2) is 4.79 Å². The predicted octanol–water partition coefficient (Wildman–Crippen LogP) is 4.69. The van der Waals surface area contributed by atoms with Gasteiger partial charge in [0.25, 0.3) is 5.79 Å². The van der Waals surface area contributed by atoms with Crippen LogP contribution < -0.4 is 0 Å². The van der Waals surface area contributed by atoms with E-state index in [1.54, 1.807) is 0 Å². The summed E-state index contributed by atoms with van der Waals surface area (Å²) >= 11 is 0. The normalized spacial score (nSPS) is 22.1. The minimum atomic E-state index is -2.49. The predicted molar refractivity (Wildman–Crippen MR) is 109 cm³/mol. The van der Waals surface area contributed by atoms with Gasteiger partial charge < -0.3 is 14.9 Å². The molecule has 0 bridgehead atoms. The molecule has 0 spiro atoms. The highest BCUT2D eigenvalue weighted by Gasteiger charge is 2.33. The molecule has 0 aliphatic heterocycles. The van der Waals surface area contributed by atoms with Crippen molar-refractivity contribution in [3.63, 3.8) is 0 Å². The van der Waals surface area contributed by atoms with E-state index in [9.17, 15) is 15.0 Å². The van der Waals surface area contributed by atoms with Crippen LogP contribution in [0.1, 0.15) is 65.7 Å². The number of aliphatic hydroxyl groups is 2. The van der Waals surface area contributed by atoms with E-state index in [-0.39, 0.29) is 6.42 Å². The molecule has 0 saturated carbocycles. The quantitative estimate of drug-likeness (QED) is 0.180. The van der Waals surface area contributed by atoms with Gasteiger partial charge in [0.05, 0.1) is 7.11 Å². The minimum Gasteiger partial charge on any atom is -0.465 e. The molecule has 0 unspecified atom stereocenters. The summed E-state index contributed by atoms with van der Waals surface area (Å²) in [6.07, 6.45) is 17.6. The van der Waals surface area contributed by atoms with Crippen LogP contribution in [-0.2, 0) is 9.53 Å². The lowest BCUT2D eigenvalue weighted by molar-refractivity contribution is -0.205. The number of unbranched alkanes of at least 4 members (excludes halogenated alkanes) is 4. The van der Waals surface area contributed by atoms with Crippen molar-refractivity contribution in [2.24, 2.45) is 17.8 Å². The van der Waals surface area contributed by atoms with Gasteiger partial charge >= 0.3 is 5.97 Å². The molecule has 0 saturated heterocycles. The first-order valence-electron chi connectivity index (χ1n) is 10.1. The molecule has 1 aliphatic carbocycles. The van der Waals surface area contributed by atoms with Gasteiger partial charge in [0.1, 0.15) is 0 Å². The van der Waals surface area contributed by atoms with Crippen LogP contribution in [-0.4, -0.2) is 29.1 Å². The fourth-order valence-electron chi connectivity index (χ4n) is 3.44. The second-order valence-corrected chi connectivity index (χ2v) is 7.61. The van der Waals surface area contributed by atoms with Gasteiger partial charge in [0.2, 0.25) is 0 Å². The Labute approximate surface area is 164 Å². The fourth-order valence-corrected chi connectivity index (χ4v) is 3.44. The van der Waals surface area contributed by atoms with Gasteiger partial charge in [0.15, 0.2) is 0 Å². The van der Waals surface area contributed by atoms with Crippen molar-refractivity contribution in [3.05, 3.63) is 41.7 Å². The smallest absolute Gasteiger partial charge is 0.366 e. The van der Waals surface area contributed by atoms with Crippen molar-refractivity contribution >= 4 is 5.97 Å². The molecule has 0 heterocycles. The summed E-state index contributed by atoms with van der Waals surface area (Å²) in [5, 5.41) is 19.2. The molecule has 0 aromatic carbocycles. The molecule has 0 aromatic heterocycles. The zero-order valence-corrected chi connectivity index (χ0v) is 17.3. The van der Waals surface area contributed by atoms with E-state index in [4.69, 9.17) is 0 Å². The minimum absolute atomic E-state index is 0.240. The van der Waals surface area contributed by atoms with Crippen LogP contribution >= 0.6 is 0 Å². The van der Waals surface area contributed by atoms with Crippen molar-refractivity contribution in [2.75, 3.05) is 7.11 Å². The third kappa shape index (κ3) is 8.30. The Kier molecular flexibility index (Phi) is 10.4. The maximum Gasteiger partial charge on any atom is 0.366 e. The van der Waals surface area contributed by atoms with Crippen LogP contribution in [0.25, 0.3) is 0 Å². The lowest BCUT2D eigenvalue weighted by atomic mass is 9.83. The van der Waals surface area contributed by atoms with Gasteiger partial charge in [-0.3, -0.25) is 0 Å². The first-order valence-corrected chi connectivity index (χ1v) is 10.1. The van der Waals surface area contributed by atoms with Crippen LogP contribution in [0.4, 0.5) is 0 Å². The highest BCUT2D eigenvalue weighted by Crippen LogP contribution is 2.36. The van der Waals surface area contributed by atoms with Crippen LogP contribution in [0.15, 0.2) is 41.7 Å². The van der Waals surface area contributed by atoms with E-state index in [0.717, 1.165) is 25.5 Å². The summed E-state index contributed by atoms with van der Waals surface area (Å²) in [6, 6.07) is 0. The highest BCUT2D eigenvalue weighted by atomic mass is 16.6. The third-order valence-electron chi connectivity index (χ3n) is 5.18. The number of carbonyl (C=O) groups excluding carboxylic acids is 1. The molecular weight excluding hydrogens is 340 g/mol.